The molecule has 15 heavy (non-hydrogen) atoms. The van der Waals surface area contributed by atoms with Crippen LogP contribution in [0.15, 0.2) is 6.20 Å². The molecule has 0 saturated heterocycles. The lowest BCUT2D eigenvalue weighted by Gasteiger charge is -2.00. The number of aromatic nitrogens is 3. The molecule has 1 aromatic rings. The zero-order valence-corrected chi connectivity index (χ0v) is 8.55. The second-order valence-electron chi connectivity index (χ2n) is 2.78. The maximum absolute atomic E-state index is 11.3. The first-order chi connectivity index (χ1) is 7.27. The van der Waals surface area contributed by atoms with Crippen LogP contribution in [0.1, 0.15) is 10.5 Å². The summed E-state index contributed by atoms with van der Waals surface area (Å²) in [4.78, 5) is 11.3. The molecule has 0 aromatic carbocycles. The molecule has 0 atom stereocenters. The first kappa shape index (κ1) is 11.6. The highest BCUT2D eigenvalue weighted by molar-refractivity contribution is 5.86. The van der Waals surface area contributed by atoms with Crippen LogP contribution < -0.4 is 5.73 Å². The highest BCUT2D eigenvalue weighted by Crippen LogP contribution is 1.96. The van der Waals surface area contributed by atoms with E-state index in [9.17, 15) is 4.79 Å². The molecule has 0 fully saturated rings. The Labute approximate surface area is 87.1 Å². The first-order valence-electron chi connectivity index (χ1n) is 4.54. The van der Waals surface area contributed by atoms with E-state index < -0.39 is 5.97 Å². The third-order valence-corrected chi connectivity index (χ3v) is 1.63. The lowest BCUT2D eigenvalue weighted by molar-refractivity contribution is 0.0381. The Morgan fingerprint density at radius 3 is 3.07 bits per heavy atom. The molecule has 84 valence electrons. The van der Waals surface area contributed by atoms with Crippen molar-refractivity contribution in [3.8, 4) is 0 Å². The van der Waals surface area contributed by atoms with E-state index in [0.717, 1.165) is 0 Å². The molecule has 2 N–H and O–H groups in total. The molecular formula is C8H14N4O3. The second kappa shape index (κ2) is 6.10. The van der Waals surface area contributed by atoms with Crippen molar-refractivity contribution in [2.75, 3.05) is 26.9 Å². The van der Waals surface area contributed by atoms with Gasteiger partial charge in [0.25, 0.3) is 0 Å². The van der Waals surface area contributed by atoms with Gasteiger partial charge in [-0.25, -0.2) is 4.79 Å². The first-order valence-corrected chi connectivity index (χ1v) is 4.54. The number of methoxy groups -OCH3 is 1. The molecule has 1 aromatic heterocycles. The fourth-order valence-corrected chi connectivity index (χ4v) is 0.925. The standard InChI is InChI=1S/C8H14N4O3/c1-14-4-5-15-8(13)7-6-12(3-2-9)11-10-7/h6H,2-5,9H2,1H3. The van der Waals surface area contributed by atoms with E-state index in [1.807, 2.05) is 0 Å². The van der Waals surface area contributed by atoms with Gasteiger partial charge in [-0.05, 0) is 0 Å². The van der Waals surface area contributed by atoms with Gasteiger partial charge in [0, 0.05) is 13.7 Å². The largest absolute Gasteiger partial charge is 0.458 e. The van der Waals surface area contributed by atoms with Crippen LogP contribution in [0.2, 0.25) is 0 Å². The molecular weight excluding hydrogens is 200 g/mol. The van der Waals surface area contributed by atoms with Crippen molar-refractivity contribution < 1.29 is 14.3 Å². The van der Waals surface area contributed by atoms with Crippen LogP contribution in [0.3, 0.4) is 0 Å². The Morgan fingerprint density at radius 2 is 2.40 bits per heavy atom. The van der Waals surface area contributed by atoms with Crippen molar-refractivity contribution in [2.45, 2.75) is 6.54 Å². The summed E-state index contributed by atoms with van der Waals surface area (Å²) in [5.41, 5.74) is 5.50. The van der Waals surface area contributed by atoms with Crippen LogP contribution in [0.25, 0.3) is 0 Å². The number of ether oxygens (including phenoxy) is 2. The van der Waals surface area contributed by atoms with Gasteiger partial charge < -0.3 is 15.2 Å². The van der Waals surface area contributed by atoms with Gasteiger partial charge >= 0.3 is 5.97 Å². The number of esters is 1. The zero-order chi connectivity index (χ0) is 11.1. The zero-order valence-electron chi connectivity index (χ0n) is 8.55. The van der Waals surface area contributed by atoms with E-state index in [2.05, 4.69) is 10.3 Å². The fourth-order valence-electron chi connectivity index (χ4n) is 0.925. The summed E-state index contributed by atoms with van der Waals surface area (Å²) >= 11 is 0. The minimum Gasteiger partial charge on any atom is -0.458 e. The smallest absolute Gasteiger partial charge is 0.360 e. The molecule has 0 unspecified atom stereocenters. The molecule has 0 saturated carbocycles. The number of carbonyl (C=O) groups is 1. The molecule has 0 aliphatic heterocycles. The number of hydrogen-bond acceptors (Lipinski definition) is 6. The van der Waals surface area contributed by atoms with Gasteiger partial charge in [-0.15, -0.1) is 5.10 Å². The Morgan fingerprint density at radius 1 is 1.60 bits per heavy atom. The van der Waals surface area contributed by atoms with Gasteiger partial charge in [0.05, 0.1) is 19.3 Å². The third kappa shape index (κ3) is 3.64. The van der Waals surface area contributed by atoms with Gasteiger partial charge in [-0.3, -0.25) is 4.68 Å². The highest BCUT2D eigenvalue weighted by Gasteiger charge is 2.11. The van der Waals surface area contributed by atoms with Crippen molar-refractivity contribution in [1.29, 1.82) is 0 Å². The number of rotatable bonds is 6. The molecule has 1 heterocycles. The van der Waals surface area contributed by atoms with Crippen molar-refractivity contribution >= 4 is 5.97 Å². The summed E-state index contributed by atoms with van der Waals surface area (Å²) in [6, 6.07) is 0. The predicted octanol–water partition coefficient (Wildman–Crippen LogP) is -0.960. The Hall–Kier alpha value is -1.47. The summed E-state index contributed by atoms with van der Waals surface area (Å²) in [6.07, 6.45) is 1.50. The van der Waals surface area contributed by atoms with E-state index in [-0.39, 0.29) is 12.3 Å². The van der Waals surface area contributed by atoms with Crippen molar-refractivity contribution in [3.63, 3.8) is 0 Å². The summed E-state index contributed by atoms with van der Waals surface area (Å²) in [6.45, 7) is 1.54. The lowest BCUT2D eigenvalue weighted by Crippen LogP contribution is -2.11. The molecule has 7 heteroatoms. The number of nitrogens with zero attached hydrogens (tertiary/aromatic N) is 3. The van der Waals surface area contributed by atoms with Crippen LogP contribution in [0.5, 0.6) is 0 Å². The number of hydrogen-bond donors (Lipinski definition) is 1. The van der Waals surface area contributed by atoms with Crippen LogP contribution in [-0.4, -0.2) is 47.8 Å². The van der Waals surface area contributed by atoms with Gasteiger partial charge in [-0.1, -0.05) is 5.21 Å². The van der Waals surface area contributed by atoms with Crippen LogP contribution in [0.4, 0.5) is 0 Å². The Kier molecular flexibility index (Phi) is 4.72. The second-order valence-corrected chi connectivity index (χ2v) is 2.78. The van der Waals surface area contributed by atoms with E-state index in [1.165, 1.54) is 18.0 Å². The average molecular weight is 214 g/mol. The van der Waals surface area contributed by atoms with Crippen LogP contribution in [0, 0.1) is 0 Å². The lowest BCUT2D eigenvalue weighted by atomic mass is 10.5. The number of nitrogens with two attached hydrogens (primary N) is 1. The average Bonchev–Trinajstić information content (AvgIpc) is 2.67. The minimum atomic E-state index is -0.504. The van der Waals surface area contributed by atoms with E-state index in [1.54, 1.807) is 0 Å². The normalized spacial score (nSPS) is 10.3. The molecule has 0 amide bonds. The quantitative estimate of drug-likeness (QED) is 0.484. The van der Waals surface area contributed by atoms with Crippen LogP contribution in [-0.2, 0) is 16.0 Å². The maximum Gasteiger partial charge on any atom is 0.360 e. The molecule has 0 radical (unpaired) electrons. The van der Waals surface area contributed by atoms with Gasteiger partial charge in [0.2, 0.25) is 0 Å². The topological polar surface area (TPSA) is 92.3 Å². The molecule has 0 aliphatic rings. The molecule has 0 bridgehead atoms. The summed E-state index contributed by atoms with van der Waals surface area (Å²) in [5, 5.41) is 7.37. The number of carbonyl (C=O) groups excluding carboxylic acids is 1. The third-order valence-electron chi connectivity index (χ3n) is 1.63. The Balaban J connectivity index is 2.43. The Bertz CT molecular complexity index is 313. The van der Waals surface area contributed by atoms with Crippen molar-refractivity contribution in [1.82, 2.24) is 15.0 Å². The predicted molar refractivity (Wildman–Crippen MR) is 51.2 cm³/mol. The van der Waals surface area contributed by atoms with E-state index >= 15 is 0 Å². The van der Waals surface area contributed by atoms with Crippen LogP contribution >= 0.6 is 0 Å². The fraction of sp³-hybridized carbons (Fsp3) is 0.625. The van der Waals surface area contributed by atoms with Crippen molar-refractivity contribution in [2.24, 2.45) is 5.73 Å². The summed E-state index contributed by atoms with van der Waals surface area (Å²) < 4.78 is 11.1. The molecule has 0 spiro atoms. The molecule has 0 aliphatic carbocycles. The molecule has 7 nitrogen and oxygen atoms in total. The molecule has 1 rings (SSSR count). The monoisotopic (exact) mass is 214 g/mol. The van der Waals surface area contributed by atoms with E-state index in [4.69, 9.17) is 15.2 Å². The maximum atomic E-state index is 11.3. The van der Waals surface area contributed by atoms with Gasteiger partial charge in [0.15, 0.2) is 5.69 Å². The highest BCUT2D eigenvalue weighted by atomic mass is 16.6. The van der Waals surface area contributed by atoms with Crippen molar-refractivity contribution in [3.05, 3.63) is 11.9 Å². The summed E-state index contributed by atoms with van der Waals surface area (Å²) in [5.74, 6) is -0.504. The summed E-state index contributed by atoms with van der Waals surface area (Å²) in [7, 11) is 1.53. The van der Waals surface area contributed by atoms with Gasteiger partial charge in [0.1, 0.15) is 6.61 Å². The van der Waals surface area contributed by atoms with Gasteiger partial charge in [-0.2, -0.15) is 0 Å². The SMILES string of the molecule is COCCOC(=O)c1cn(CCN)nn1. The van der Waals surface area contributed by atoms with E-state index in [0.29, 0.717) is 19.7 Å². The minimum absolute atomic E-state index is 0.180.